The summed E-state index contributed by atoms with van der Waals surface area (Å²) in [6, 6.07) is 0. The first-order valence-corrected chi connectivity index (χ1v) is 7.52. The molecule has 0 heterocycles. The van der Waals surface area contributed by atoms with E-state index in [1.807, 2.05) is 0 Å². The molecule has 0 bridgehead atoms. The van der Waals surface area contributed by atoms with Crippen LogP contribution in [0.2, 0.25) is 0 Å². The fourth-order valence-electron chi connectivity index (χ4n) is 1.77. The second-order valence-corrected chi connectivity index (χ2v) is 5.03. The number of halogens is 1. The first kappa shape index (κ1) is 17.1. The van der Waals surface area contributed by atoms with E-state index >= 15 is 0 Å². The molecule has 0 amide bonds. The number of hydrogen-bond donors (Lipinski definition) is 1. The second kappa shape index (κ2) is 14.9. The predicted octanol–water partition coefficient (Wildman–Crippen LogP) is -1.76. The Balaban J connectivity index is 5.69. The average molecular weight is 431 g/mol. The standard InChI is InChI=1S/C14H19BrO10/c15-14(21)13(25-8-4-19)12(24-7-3-18)11(23-6-2-17)10(20)9-22-5-1-16/h1-4,10-13,20H,5-9H2/t10-,11-,12+,13-/m1/s1/i1D,2D,3D,4D. The number of aliphatic hydroxyl groups is 1. The number of hydrogen-bond acceptors (Lipinski definition) is 10. The fraction of sp³-hybridized carbons (Fsp3) is 0.643. The van der Waals surface area contributed by atoms with E-state index in [2.05, 4.69) is 15.9 Å². The molecule has 25 heavy (non-hydrogen) atoms. The largest absolute Gasteiger partial charge is 0.388 e. The number of rotatable bonds is 17. The highest BCUT2D eigenvalue weighted by molar-refractivity contribution is 9.18. The van der Waals surface area contributed by atoms with Gasteiger partial charge in [0, 0.05) is 0 Å². The topological polar surface area (TPSA) is 143 Å². The molecule has 142 valence electrons. The van der Waals surface area contributed by atoms with Gasteiger partial charge in [0.25, 0.3) is 0 Å². The molecule has 0 radical (unpaired) electrons. The van der Waals surface area contributed by atoms with Crippen molar-refractivity contribution in [1.29, 1.82) is 0 Å². The maximum absolute atomic E-state index is 11.9. The molecule has 10 nitrogen and oxygen atoms in total. The monoisotopic (exact) mass is 430 g/mol. The molecule has 0 fully saturated rings. The first-order valence-electron chi connectivity index (χ1n) is 8.73. The molecule has 0 rings (SSSR count). The van der Waals surface area contributed by atoms with E-state index in [4.69, 9.17) is 24.4 Å². The highest BCUT2D eigenvalue weighted by atomic mass is 79.9. The Bertz CT molecular complexity index is 605. The van der Waals surface area contributed by atoms with Gasteiger partial charge in [-0.1, -0.05) is 0 Å². The summed E-state index contributed by atoms with van der Waals surface area (Å²) in [6.45, 7) is -3.98. The maximum Gasteiger partial charge on any atom is 0.229 e. The van der Waals surface area contributed by atoms with Crippen molar-refractivity contribution in [3.05, 3.63) is 0 Å². The predicted molar refractivity (Wildman–Crippen MR) is 84.2 cm³/mol. The zero-order valence-electron chi connectivity index (χ0n) is 16.8. The van der Waals surface area contributed by atoms with Crippen LogP contribution in [0.4, 0.5) is 0 Å². The number of aldehydes is 4. The minimum Gasteiger partial charge on any atom is -0.388 e. The summed E-state index contributed by atoms with van der Waals surface area (Å²) in [5, 5.41) is 10.3. The summed E-state index contributed by atoms with van der Waals surface area (Å²) in [5.74, 6) is 0. The summed E-state index contributed by atoms with van der Waals surface area (Å²) in [5.41, 5.74) is 0. The number of carbonyl (C=O) groups is 5. The normalized spacial score (nSPS) is 17.8. The molecule has 0 aliphatic heterocycles. The minimum absolute atomic E-state index is 0.642. The quantitative estimate of drug-likeness (QED) is 0.208. The molecule has 0 unspecified atom stereocenters. The van der Waals surface area contributed by atoms with Gasteiger partial charge in [-0.05, 0) is 15.9 Å². The van der Waals surface area contributed by atoms with Gasteiger partial charge in [0.1, 0.15) is 75.3 Å². The Hall–Kier alpha value is -1.37. The SMILES string of the molecule is [2H]C(=O)COC[C@@H](O)[C@@H](OCC([2H])=O)[C@H](OCC([2H])=O)[C@@H](OCC([2H])=O)C(=O)Br. The van der Waals surface area contributed by atoms with E-state index in [9.17, 15) is 29.1 Å². The molecule has 1 N–H and O–H groups in total. The van der Waals surface area contributed by atoms with Crippen LogP contribution in [-0.4, -0.2) is 92.3 Å². The Morgan fingerprint density at radius 1 is 0.920 bits per heavy atom. The maximum atomic E-state index is 11.9. The molecule has 0 aromatic rings. The molecule has 0 saturated heterocycles. The molecular weight excluding hydrogens is 408 g/mol. The lowest BCUT2D eigenvalue weighted by atomic mass is 10.0. The van der Waals surface area contributed by atoms with E-state index < -0.39 is 87.2 Å². The van der Waals surface area contributed by atoms with E-state index in [1.54, 1.807) is 0 Å². The van der Waals surface area contributed by atoms with Gasteiger partial charge in [-0.2, -0.15) is 0 Å². The van der Waals surface area contributed by atoms with Gasteiger partial charge in [0.2, 0.25) is 4.69 Å². The molecule has 0 saturated carbocycles. The van der Waals surface area contributed by atoms with Gasteiger partial charge in [-0.15, -0.1) is 0 Å². The zero-order chi connectivity index (χ0) is 22.6. The van der Waals surface area contributed by atoms with Crippen molar-refractivity contribution in [1.82, 2.24) is 0 Å². The second-order valence-electron chi connectivity index (χ2n) is 4.25. The molecule has 0 aliphatic rings. The molecule has 11 heteroatoms. The summed E-state index contributed by atoms with van der Waals surface area (Å²) in [4.78, 5) is 55.3. The van der Waals surface area contributed by atoms with Crippen molar-refractivity contribution in [3.8, 4) is 0 Å². The van der Waals surface area contributed by atoms with E-state index in [-0.39, 0.29) is 0 Å². The number of ether oxygens (including phenoxy) is 4. The van der Waals surface area contributed by atoms with Crippen LogP contribution in [0, 0.1) is 0 Å². The Morgan fingerprint density at radius 3 is 1.88 bits per heavy atom. The van der Waals surface area contributed by atoms with Crippen molar-refractivity contribution in [2.75, 3.05) is 33.0 Å². The minimum atomic E-state index is -1.73. The van der Waals surface area contributed by atoms with Crippen LogP contribution in [0.15, 0.2) is 0 Å². The van der Waals surface area contributed by atoms with Crippen LogP contribution in [0.25, 0.3) is 0 Å². The smallest absolute Gasteiger partial charge is 0.229 e. The van der Waals surface area contributed by atoms with Crippen LogP contribution in [0.3, 0.4) is 0 Å². The van der Waals surface area contributed by atoms with E-state index in [0.29, 0.717) is 0 Å². The lowest BCUT2D eigenvalue weighted by Crippen LogP contribution is -2.52. The Morgan fingerprint density at radius 2 is 1.40 bits per heavy atom. The van der Waals surface area contributed by atoms with Crippen LogP contribution < -0.4 is 0 Å². The van der Waals surface area contributed by atoms with Crippen molar-refractivity contribution in [2.24, 2.45) is 0 Å². The van der Waals surface area contributed by atoms with Crippen molar-refractivity contribution in [2.45, 2.75) is 24.4 Å². The third-order valence-electron chi connectivity index (χ3n) is 2.67. The van der Waals surface area contributed by atoms with Gasteiger partial charge in [0.05, 0.1) is 6.61 Å². The summed E-state index contributed by atoms with van der Waals surface area (Å²) in [7, 11) is 0. The van der Waals surface area contributed by atoms with E-state index in [1.165, 1.54) is 0 Å². The summed E-state index contributed by atoms with van der Waals surface area (Å²) >= 11 is 2.58. The zero-order valence-corrected chi connectivity index (χ0v) is 14.4. The summed E-state index contributed by atoms with van der Waals surface area (Å²) < 4.78 is 46.4. The highest BCUT2D eigenvalue weighted by Crippen LogP contribution is 2.19. The van der Waals surface area contributed by atoms with E-state index in [0.717, 1.165) is 0 Å². The third kappa shape index (κ3) is 9.63. The van der Waals surface area contributed by atoms with Crippen molar-refractivity contribution >= 4 is 45.7 Å². The number of carbonyl (C=O) groups excluding carboxylic acids is 5. The van der Waals surface area contributed by atoms with Gasteiger partial charge >= 0.3 is 0 Å². The van der Waals surface area contributed by atoms with Crippen molar-refractivity contribution in [3.63, 3.8) is 0 Å². The first-order chi connectivity index (χ1) is 13.5. The molecule has 0 spiro atoms. The van der Waals surface area contributed by atoms with Crippen LogP contribution in [0.5, 0.6) is 0 Å². The van der Waals surface area contributed by atoms with Crippen LogP contribution >= 0.6 is 15.9 Å². The van der Waals surface area contributed by atoms with Gasteiger partial charge < -0.3 is 43.2 Å². The van der Waals surface area contributed by atoms with Gasteiger partial charge in [-0.3, -0.25) is 4.79 Å². The molecule has 4 atom stereocenters. The lowest BCUT2D eigenvalue weighted by Gasteiger charge is -2.33. The van der Waals surface area contributed by atoms with Gasteiger partial charge in [0.15, 0.2) is 6.10 Å². The Labute approximate surface area is 157 Å². The van der Waals surface area contributed by atoms with Crippen LogP contribution in [0.1, 0.15) is 5.48 Å². The van der Waals surface area contributed by atoms with Crippen LogP contribution in [-0.2, 0) is 42.9 Å². The lowest BCUT2D eigenvalue weighted by molar-refractivity contribution is -0.177. The van der Waals surface area contributed by atoms with Crippen molar-refractivity contribution < 1.29 is 53.5 Å². The molecule has 0 aromatic carbocycles. The molecular formula is C14H19BrO10. The highest BCUT2D eigenvalue weighted by Gasteiger charge is 2.39. The Kier molecular flexibility index (Phi) is 10.2. The third-order valence-corrected chi connectivity index (χ3v) is 3.12. The molecule has 0 aliphatic carbocycles. The fourth-order valence-corrected chi connectivity index (χ4v) is 2.16. The average Bonchev–Trinajstić information content (AvgIpc) is 2.57. The molecule has 0 aromatic heterocycles. The number of aliphatic hydroxyl groups excluding tert-OH is 1. The van der Waals surface area contributed by atoms with Gasteiger partial charge in [-0.25, -0.2) is 0 Å². The summed E-state index contributed by atoms with van der Waals surface area (Å²) in [6.07, 6.45) is -11.6.